The lowest BCUT2D eigenvalue weighted by Crippen LogP contribution is -2.28. The van der Waals surface area contributed by atoms with Crippen LogP contribution in [0.25, 0.3) is 5.82 Å². The molecule has 0 aliphatic carbocycles. The first-order valence-electron chi connectivity index (χ1n) is 9.78. The maximum absolute atomic E-state index is 13.2. The average molecular weight is 467 g/mol. The predicted molar refractivity (Wildman–Crippen MR) is 119 cm³/mol. The fraction of sp³-hybridized carbons (Fsp3) is 0.143. The lowest BCUT2D eigenvalue weighted by molar-refractivity contribution is 0.0783. The van der Waals surface area contributed by atoms with Gasteiger partial charge in [0.15, 0.2) is 10.9 Å². The second kappa shape index (κ2) is 9.96. The van der Waals surface area contributed by atoms with Gasteiger partial charge in [-0.2, -0.15) is 5.10 Å². The molecular weight excluding hydrogens is 447 g/mol. The van der Waals surface area contributed by atoms with Crippen LogP contribution < -0.4 is 10.6 Å². The van der Waals surface area contributed by atoms with Gasteiger partial charge in [0, 0.05) is 25.2 Å². The van der Waals surface area contributed by atoms with Crippen LogP contribution in [0.2, 0.25) is 0 Å². The van der Waals surface area contributed by atoms with E-state index in [0.717, 1.165) is 0 Å². The number of halogens is 1. The molecule has 10 nitrogen and oxygen atoms in total. The molecule has 3 amide bonds. The number of rotatable bonds is 7. The Bertz CT molecular complexity index is 1240. The number of aromatic nitrogens is 5. The highest BCUT2D eigenvalue weighted by atomic mass is 32.1. The Morgan fingerprint density at radius 2 is 2.12 bits per heavy atom. The van der Waals surface area contributed by atoms with Crippen molar-refractivity contribution in [2.75, 3.05) is 12.4 Å². The number of pyridine rings is 1. The summed E-state index contributed by atoms with van der Waals surface area (Å²) < 4.78 is 14.7. The van der Waals surface area contributed by atoms with Gasteiger partial charge in [0.25, 0.3) is 5.91 Å². The zero-order chi connectivity index (χ0) is 23.2. The van der Waals surface area contributed by atoms with Crippen LogP contribution in [0.1, 0.15) is 21.6 Å². The van der Waals surface area contributed by atoms with E-state index in [1.807, 2.05) is 0 Å². The quantitative estimate of drug-likeness (QED) is 0.432. The van der Waals surface area contributed by atoms with Crippen molar-refractivity contribution >= 4 is 28.4 Å². The Labute approximate surface area is 192 Å². The molecule has 33 heavy (non-hydrogen) atoms. The molecule has 3 heterocycles. The molecule has 0 saturated carbocycles. The van der Waals surface area contributed by atoms with Crippen molar-refractivity contribution in [2.45, 2.75) is 13.1 Å². The van der Waals surface area contributed by atoms with Gasteiger partial charge in [-0.15, -0.1) is 11.3 Å². The number of hydrogen-bond donors (Lipinski definition) is 2. The highest BCUT2D eigenvalue weighted by Gasteiger charge is 2.15. The van der Waals surface area contributed by atoms with Gasteiger partial charge in [0.05, 0.1) is 17.8 Å². The summed E-state index contributed by atoms with van der Waals surface area (Å²) in [4.78, 5) is 38.7. The molecule has 0 unspecified atom stereocenters. The topological polar surface area (TPSA) is 118 Å². The van der Waals surface area contributed by atoms with Gasteiger partial charge in [-0.1, -0.05) is 12.1 Å². The van der Waals surface area contributed by atoms with Crippen LogP contribution in [0.5, 0.6) is 0 Å². The Balaban J connectivity index is 1.29. The maximum atomic E-state index is 13.2. The molecule has 3 aromatic heterocycles. The number of amides is 3. The highest BCUT2D eigenvalue weighted by molar-refractivity contribution is 7.13. The SMILES string of the molecule is CN(Cc1csc(NC(=O)NCc2cccc(F)c2)n1)C(=O)c1ccc(-n2cncn2)nc1. The number of hydrogen-bond acceptors (Lipinski definition) is 7. The highest BCUT2D eigenvalue weighted by Crippen LogP contribution is 2.17. The first kappa shape index (κ1) is 22.0. The van der Waals surface area contributed by atoms with E-state index in [1.165, 1.54) is 51.9 Å². The Kier molecular flexibility index (Phi) is 6.64. The zero-order valence-electron chi connectivity index (χ0n) is 17.5. The number of urea groups is 1. The first-order chi connectivity index (χ1) is 16.0. The maximum Gasteiger partial charge on any atom is 0.321 e. The molecule has 1 aromatic carbocycles. The molecule has 0 fully saturated rings. The van der Waals surface area contributed by atoms with E-state index in [-0.39, 0.29) is 24.8 Å². The van der Waals surface area contributed by atoms with E-state index in [1.54, 1.807) is 36.7 Å². The van der Waals surface area contributed by atoms with Gasteiger partial charge < -0.3 is 10.2 Å². The lowest BCUT2D eigenvalue weighted by atomic mass is 10.2. The third-order valence-corrected chi connectivity index (χ3v) is 5.32. The zero-order valence-corrected chi connectivity index (χ0v) is 18.3. The summed E-state index contributed by atoms with van der Waals surface area (Å²) in [5, 5.41) is 11.4. The molecule has 0 saturated heterocycles. The van der Waals surface area contributed by atoms with Crippen LogP contribution in [0.3, 0.4) is 0 Å². The molecule has 168 valence electrons. The fourth-order valence-electron chi connectivity index (χ4n) is 2.92. The Hall–Kier alpha value is -4.19. The number of anilines is 1. The number of nitrogens with zero attached hydrogens (tertiary/aromatic N) is 6. The summed E-state index contributed by atoms with van der Waals surface area (Å²) in [6.45, 7) is 0.440. The van der Waals surface area contributed by atoms with Crippen molar-refractivity contribution in [1.29, 1.82) is 0 Å². The summed E-state index contributed by atoms with van der Waals surface area (Å²) in [5.74, 6) is -0.0274. The van der Waals surface area contributed by atoms with Gasteiger partial charge in [0.2, 0.25) is 0 Å². The molecule has 0 atom stereocenters. The summed E-state index contributed by atoms with van der Waals surface area (Å²) in [7, 11) is 1.66. The third kappa shape index (κ3) is 5.74. The van der Waals surface area contributed by atoms with Gasteiger partial charge in [-0.25, -0.2) is 28.8 Å². The fourth-order valence-corrected chi connectivity index (χ4v) is 3.61. The standard InChI is InChI=1S/C21H19FN8O2S/c1-29(19(31)15-5-6-18(24-9-15)30-13-23-12-26-30)10-17-11-33-21(27-17)28-20(32)25-8-14-3-2-4-16(22)7-14/h2-7,9,11-13H,8,10H2,1H3,(H2,25,27,28,32). The minimum atomic E-state index is -0.455. The molecule has 4 rings (SSSR count). The van der Waals surface area contributed by atoms with Crippen LogP contribution in [-0.4, -0.2) is 48.6 Å². The molecule has 0 spiro atoms. The van der Waals surface area contributed by atoms with E-state index in [0.29, 0.717) is 27.8 Å². The predicted octanol–water partition coefficient (Wildman–Crippen LogP) is 2.85. The van der Waals surface area contributed by atoms with Gasteiger partial charge in [-0.3, -0.25) is 10.1 Å². The van der Waals surface area contributed by atoms with Crippen molar-refractivity contribution < 1.29 is 14.0 Å². The van der Waals surface area contributed by atoms with Crippen molar-refractivity contribution in [3.8, 4) is 5.82 Å². The van der Waals surface area contributed by atoms with Crippen molar-refractivity contribution in [2.24, 2.45) is 0 Å². The average Bonchev–Trinajstić information content (AvgIpc) is 3.50. The Morgan fingerprint density at radius 1 is 1.24 bits per heavy atom. The first-order valence-corrected chi connectivity index (χ1v) is 10.7. The third-order valence-electron chi connectivity index (χ3n) is 4.51. The number of carbonyl (C=O) groups excluding carboxylic acids is 2. The van der Waals surface area contributed by atoms with Crippen molar-refractivity contribution in [3.63, 3.8) is 0 Å². The number of thiazole rings is 1. The minimum absolute atomic E-state index is 0.183. The van der Waals surface area contributed by atoms with Gasteiger partial charge in [0.1, 0.15) is 18.5 Å². The summed E-state index contributed by atoms with van der Waals surface area (Å²) in [6, 6.07) is 8.89. The molecule has 12 heteroatoms. The Morgan fingerprint density at radius 3 is 2.85 bits per heavy atom. The van der Waals surface area contributed by atoms with E-state index < -0.39 is 6.03 Å². The molecule has 0 aliphatic heterocycles. The molecular formula is C21H19FN8O2S. The van der Waals surface area contributed by atoms with Crippen LogP contribution in [0, 0.1) is 5.82 Å². The van der Waals surface area contributed by atoms with Crippen LogP contribution >= 0.6 is 11.3 Å². The van der Waals surface area contributed by atoms with Crippen LogP contribution in [0.15, 0.2) is 60.6 Å². The monoisotopic (exact) mass is 466 g/mol. The number of carbonyl (C=O) groups is 2. The van der Waals surface area contributed by atoms with E-state index in [4.69, 9.17) is 0 Å². The van der Waals surface area contributed by atoms with Crippen molar-refractivity contribution in [3.05, 3.63) is 83.3 Å². The molecule has 2 N–H and O–H groups in total. The van der Waals surface area contributed by atoms with Gasteiger partial charge in [-0.05, 0) is 29.8 Å². The van der Waals surface area contributed by atoms with Crippen molar-refractivity contribution in [1.82, 2.24) is 34.9 Å². The summed E-state index contributed by atoms with van der Waals surface area (Å²) in [6.07, 6.45) is 4.40. The number of nitrogens with one attached hydrogen (secondary N) is 2. The summed E-state index contributed by atoms with van der Waals surface area (Å²) in [5.41, 5.74) is 1.70. The largest absolute Gasteiger partial charge is 0.336 e. The smallest absolute Gasteiger partial charge is 0.321 e. The van der Waals surface area contributed by atoms with E-state index >= 15 is 0 Å². The summed E-state index contributed by atoms with van der Waals surface area (Å²) >= 11 is 1.24. The van der Waals surface area contributed by atoms with Gasteiger partial charge >= 0.3 is 6.03 Å². The molecule has 0 bridgehead atoms. The van der Waals surface area contributed by atoms with E-state index in [2.05, 4.69) is 30.7 Å². The normalized spacial score (nSPS) is 10.6. The second-order valence-electron chi connectivity index (χ2n) is 6.99. The van der Waals surface area contributed by atoms with Crippen LogP contribution in [-0.2, 0) is 13.1 Å². The minimum Gasteiger partial charge on any atom is -0.336 e. The van der Waals surface area contributed by atoms with E-state index in [9.17, 15) is 14.0 Å². The second-order valence-corrected chi connectivity index (χ2v) is 7.85. The molecule has 0 aliphatic rings. The number of benzene rings is 1. The lowest BCUT2D eigenvalue weighted by Gasteiger charge is -2.15. The molecule has 4 aromatic rings. The molecule has 0 radical (unpaired) electrons. The van der Waals surface area contributed by atoms with Crippen LogP contribution in [0.4, 0.5) is 14.3 Å².